The number of likely N-dealkylation sites (tertiary alicyclic amines) is 2. The normalized spacial score (nSPS) is 23.7. The first kappa shape index (κ1) is 18.1. The minimum atomic E-state index is -0.0163. The third-order valence-corrected chi connectivity index (χ3v) is 5.72. The van der Waals surface area contributed by atoms with Crippen LogP contribution in [0.15, 0.2) is 31.0 Å². The molecule has 144 valence electrons. The highest BCUT2D eigenvalue weighted by Gasteiger charge is 2.36. The van der Waals surface area contributed by atoms with Crippen molar-refractivity contribution in [2.75, 3.05) is 39.3 Å². The highest BCUT2D eigenvalue weighted by Crippen LogP contribution is 2.26. The lowest BCUT2D eigenvalue weighted by Gasteiger charge is -2.30. The highest BCUT2D eigenvalue weighted by molar-refractivity contribution is 5.94. The Morgan fingerprint density at radius 2 is 1.81 bits per heavy atom. The highest BCUT2D eigenvalue weighted by atomic mass is 16.3. The van der Waals surface area contributed by atoms with Gasteiger partial charge in [0, 0.05) is 38.4 Å². The molecule has 0 bridgehead atoms. The maximum absolute atomic E-state index is 12.9. The Balaban J connectivity index is 1.41. The quantitative estimate of drug-likeness (QED) is 0.839. The summed E-state index contributed by atoms with van der Waals surface area (Å²) < 4.78 is 1.69. The van der Waals surface area contributed by atoms with Crippen LogP contribution in [0, 0.1) is 11.8 Å². The van der Waals surface area contributed by atoms with Gasteiger partial charge in [-0.05, 0) is 44.0 Å². The summed E-state index contributed by atoms with van der Waals surface area (Å²) in [6.07, 6.45) is 8.56. The second-order valence-electron chi connectivity index (χ2n) is 7.55. The molecule has 4 rings (SSSR count). The number of pyridine rings is 1. The number of carbonyl (C=O) groups is 1. The van der Waals surface area contributed by atoms with Crippen molar-refractivity contribution in [1.82, 2.24) is 29.5 Å². The van der Waals surface area contributed by atoms with Gasteiger partial charge in [-0.15, -0.1) is 10.2 Å². The fourth-order valence-electron chi connectivity index (χ4n) is 4.16. The summed E-state index contributed by atoms with van der Waals surface area (Å²) >= 11 is 0. The van der Waals surface area contributed by atoms with E-state index in [0.29, 0.717) is 30.4 Å². The SMILES string of the molecule is O=C(c1ccc(-n2cnnc2)nc1)N1C[C@@H](CO)[C@@H](CN2CCCCC2)C1. The molecular weight excluding hydrogens is 344 g/mol. The standard InChI is InChI=1S/C19H26N6O2/c26-12-17-11-24(10-16(17)9-23-6-2-1-3-7-23)19(27)15-4-5-18(20-8-15)25-13-21-22-14-25/h4-5,8,13-14,16-17,26H,1-3,6-7,9-12H2/t16-,17-/m0/s1. The van der Waals surface area contributed by atoms with Crippen molar-refractivity contribution in [3.8, 4) is 5.82 Å². The number of carbonyl (C=O) groups excluding carboxylic acids is 1. The van der Waals surface area contributed by atoms with Gasteiger partial charge in [-0.25, -0.2) is 4.98 Å². The van der Waals surface area contributed by atoms with Crippen molar-refractivity contribution in [1.29, 1.82) is 0 Å². The zero-order chi connectivity index (χ0) is 18.6. The molecule has 2 saturated heterocycles. The zero-order valence-corrected chi connectivity index (χ0v) is 15.4. The molecule has 0 unspecified atom stereocenters. The molecule has 0 aliphatic carbocycles. The van der Waals surface area contributed by atoms with E-state index < -0.39 is 0 Å². The summed E-state index contributed by atoms with van der Waals surface area (Å²) in [5, 5.41) is 17.3. The van der Waals surface area contributed by atoms with E-state index in [1.54, 1.807) is 35.6 Å². The van der Waals surface area contributed by atoms with Crippen LogP contribution in [0.3, 0.4) is 0 Å². The van der Waals surface area contributed by atoms with Gasteiger partial charge in [0.05, 0.1) is 5.56 Å². The molecule has 2 aromatic rings. The first-order chi connectivity index (χ1) is 13.2. The minimum absolute atomic E-state index is 0.0163. The molecular formula is C19H26N6O2. The van der Waals surface area contributed by atoms with Crippen LogP contribution in [0.1, 0.15) is 29.6 Å². The van der Waals surface area contributed by atoms with Gasteiger partial charge in [0.2, 0.25) is 0 Å². The van der Waals surface area contributed by atoms with Gasteiger partial charge in [0.25, 0.3) is 5.91 Å². The fourth-order valence-corrected chi connectivity index (χ4v) is 4.16. The molecule has 2 aromatic heterocycles. The van der Waals surface area contributed by atoms with E-state index in [9.17, 15) is 9.90 Å². The smallest absolute Gasteiger partial charge is 0.255 e. The Bertz CT molecular complexity index is 742. The Labute approximate surface area is 158 Å². The van der Waals surface area contributed by atoms with Crippen molar-refractivity contribution in [2.24, 2.45) is 11.8 Å². The van der Waals surface area contributed by atoms with Gasteiger partial charge >= 0.3 is 0 Å². The van der Waals surface area contributed by atoms with Gasteiger partial charge in [0.1, 0.15) is 18.5 Å². The summed E-state index contributed by atoms with van der Waals surface area (Å²) in [4.78, 5) is 21.6. The molecule has 8 heteroatoms. The topological polar surface area (TPSA) is 87.4 Å². The van der Waals surface area contributed by atoms with E-state index in [0.717, 1.165) is 19.6 Å². The van der Waals surface area contributed by atoms with Crippen LogP contribution in [-0.4, -0.2) is 79.9 Å². The Morgan fingerprint density at radius 3 is 2.48 bits per heavy atom. The average Bonchev–Trinajstić information content (AvgIpc) is 3.38. The van der Waals surface area contributed by atoms with E-state index in [1.165, 1.54) is 19.3 Å². The number of aliphatic hydroxyl groups excluding tert-OH is 1. The maximum Gasteiger partial charge on any atom is 0.255 e. The van der Waals surface area contributed by atoms with Gasteiger partial charge in [-0.2, -0.15) is 0 Å². The van der Waals surface area contributed by atoms with E-state index in [-0.39, 0.29) is 18.4 Å². The molecule has 2 fully saturated rings. The van der Waals surface area contributed by atoms with Gasteiger partial charge in [0.15, 0.2) is 0 Å². The van der Waals surface area contributed by atoms with E-state index in [2.05, 4.69) is 20.1 Å². The molecule has 4 heterocycles. The van der Waals surface area contributed by atoms with Crippen LogP contribution in [-0.2, 0) is 0 Å². The lowest BCUT2D eigenvalue weighted by atomic mass is 9.95. The lowest BCUT2D eigenvalue weighted by Crippen LogP contribution is -2.37. The molecule has 8 nitrogen and oxygen atoms in total. The molecule has 0 aromatic carbocycles. The monoisotopic (exact) mass is 370 g/mol. The fraction of sp³-hybridized carbons (Fsp3) is 0.579. The van der Waals surface area contributed by atoms with Crippen molar-refractivity contribution >= 4 is 5.91 Å². The molecule has 1 amide bonds. The number of aliphatic hydroxyl groups is 1. The molecule has 0 spiro atoms. The van der Waals surface area contributed by atoms with E-state index in [4.69, 9.17) is 0 Å². The van der Waals surface area contributed by atoms with Crippen LogP contribution < -0.4 is 0 Å². The van der Waals surface area contributed by atoms with Crippen LogP contribution in [0.5, 0.6) is 0 Å². The van der Waals surface area contributed by atoms with Crippen molar-refractivity contribution < 1.29 is 9.90 Å². The molecule has 2 aliphatic heterocycles. The summed E-state index contributed by atoms with van der Waals surface area (Å²) in [6, 6.07) is 3.58. The summed E-state index contributed by atoms with van der Waals surface area (Å²) in [5.41, 5.74) is 0.571. The second-order valence-corrected chi connectivity index (χ2v) is 7.55. The van der Waals surface area contributed by atoms with Crippen LogP contribution in [0.25, 0.3) is 5.82 Å². The summed E-state index contributed by atoms with van der Waals surface area (Å²) in [5.74, 6) is 1.15. The molecule has 1 N–H and O–H groups in total. The first-order valence-electron chi connectivity index (χ1n) is 9.68. The Morgan fingerprint density at radius 1 is 1.07 bits per heavy atom. The maximum atomic E-state index is 12.9. The van der Waals surface area contributed by atoms with Crippen molar-refractivity contribution in [2.45, 2.75) is 19.3 Å². The number of amides is 1. The number of nitrogens with zero attached hydrogens (tertiary/aromatic N) is 6. The third-order valence-electron chi connectivity index (χ3n) is 5.72. The van der Waals surface area contributed by atoms with Gasteiger partial charge in [-0.1, -0.05) is 6.42 Å². The predicted molar refractivity (Wildman–Crippen MR) is 99.4 cm³/mol. The molecule has 2 aliphatic rings. The molecule has 27 heavy (non-hydrogen) atoms. The zero-order valence-electron chi connectivity index (χ0n) is 15.4. The van der Waals surface area contributed by atoms with Gasteiger partial charge in [-0.3, -0.25) is 9.36 Å². The number of aromatic nitrogens is 4. The minimum Gasteiger partial charge on any atom is -0.396 e. The summed E-state index contributed by atoms with van der Waals surface area (Å²) in [6.45, 7) is 4.69. The first-order valence-corrected chi connectivity index (χ1v) is 9.68. The summed E-state index contributed by atoms with van der Waals surface area (Å²) in [7, 11) is 0. The number of hydrogen-bond acceptors (Lipinski definition) is 6. The lowest BCUT2D eigenvalue weighted by molar-refractivity contribution is 0.0778. The van der Waals surface area contributed by atoms with E-state index >= 15 is 0 Å². The molecule has 0 radical (unpaired) electrons. The largest absolute Gasteiger partial charge is 0.396 e. The van der Waals surface area contributed by atoms with Crippen molar-refractivity contribution in [3.05, 3.63) is 36.5 Å². The van der Waals surface area contributed by atoms with Gasteiger partial charge < -0.3 is 14.9 Å². The number of rotatable bonds is 5. The second kappa shape index (κ2) is 8.14. The van der Waals surface area contributed by atoms with Crippen LogP contribution in [0.2, 0.25) is 0 Å². The average molecular weight is 370 g/mol. The van der Waals surface area contributed by atoms with Crippen molar-refractivity contribution in [3.63, 3.8) is 0 Å². The molecule has 2 atom stereocenters. The molecule has 0 saturated carbocycles. The van der Waals surface area contributed by atoms with E-state index in [1.807, 2.05) is 4.90 Å². The Hall–Kier alpha value is -2.32. The third kappa shape index (κ3) is 4.01. The predicted octanol–water partition coefficient (Wildman–Crippen LogP) is 0.829. The van der Waals surface area contributed by atoms with Crippen LogP contribution in [0.4, 0.5) is 0 Å². The number of hydrogen-bond donors (Lipinski definition) is 1. The number of piperidine rings is 1. The Kier molecular flexibility index (Phi) is 5.45. The van der Waals surface area contributed by atoms with Crippen LogP contribution >= 0.6 is 0 Å².